The van der Waals surface area contributed by atoms with Crippen molar-refractivity contribution in [2.75, 3.05) is 11.9 Å². The first-order valence-corrected chi connectivity index (χ1v) is 5.08. The van der Waals surface area contributed by atoms with Crippen LogP contribution < -0.4 is 5.32 Å². The highest BCUT2D eigenvalue weighted by atomic mass is 35.5. The third kappa shape index (κ3) is 2.02. The Balaban J connectivity index is 2.60. The molecule has 0 bridgehead atoms. The van der Waals surface area contributed by atoms with Crippen LogP contribution in [0.3, 0.4) is 0 Å². The van der Waals surface area contributed by atoms with Crippen molar-refractivity contribution in [2.24, 2.45) is 0 Å². The van der Waals surface area contributed by atoms with Gasteiger partial charge in [0.25, 0.3) is 0 Å². The monoisotopic (exact) mass is 224 g/mol. The Hall–Kier alpha value is -1.35. The fourth-order valence-electron chi connectivity index (χ4n) is 1.44. The highest BCUT2D eigenvalue weighted by Crippen LogP contribution is 2.24. The highest BCUT2D eigenvalue weighted by Gasteiger charge is 2.04. The first-order valence-electron chi connectivity index (χ1n) is 4.70. The Morgan fingerprint density at radius 1 is 1.40 bits per heavy atom. The first kappa shape index (κ1) is 10.2. The van der Waals surface area contributed by atoms with Gasteiger partial charge in [-0.1, -0.05) is 11.6 Å². The minimum Gasteiger partial charge on any atom is -0.370 e. The van der Waals surface area contributed by atoms with E-state index < -0.39 is 0 Å². The van der Waals surface area contributed by atoms with Gasteiger partial charge in [0, 0.05) is 11.9 Å². The number of nitrogens with zero attached hydrogens (tertiary/aromatic N) is 1. The van der Waals surface area contributed by atoms with E-state index in [4.69, 9.17) is 11.6 Å². The van der Waals surface area contributed by atoms with Crippen molar-refractivity contribution in [1.29, 1.82) is 0 Å². The summed E-state index contributed by atoms with van der Waals surface area (Å²) in [6.07, 6.45) is 0. The van der Waals surface area contributed by atoms with Crippen molar-refractivity contribution in [3.05, 3.63) is 35.1 Å². The summed E-state index contributed by atoms with van der Waals surface area (Å²) in [6, 6.07) is 6.30. The minimum atomic E-state index is -0.342. The first-order chi connectivity index (χ1) is 7.20. The van der Waals surface area contributed by atoms with Crippen LogP contribution in [0.4, 0.5) is 10.2 Å². The molecule has 0 fully saturated rings. The molecule has 2 nitrogen and oxygen atoms in total. The van der Waals surface area contributed by atoms with Crippen molar-refractivity contribution in [2.45, 2.75) is 6.92 Å². The van der Waals surface area contributed by atoms with Crippen LogP contribution in [0.25, 0.3) is 10.9 Å². The molecular weight excluding hydrogens is 215 g/mol. The quantitative estimate of drug-likeness (QED) is 0.845. The van der Waals surface area contributed by atoms with Crippen LogP contribution in [0.1, 0.15) is 6.92 Å². The Bertz CT molecular complexity index is 499. The lowest BCUT2D eigenvalue weighted by Gasteiger charge is -2.05. The maximum Gasteiger partial charge on any atom is 0.126 e. The molecule has 1 aromatic carbocycles. The van der Waals surface area contributed by atoms with Crippen molar-refractivity contribution in [3.8, 4) is 0 Å². The van der Waals surface area contributed by atoms with E-state index in [1.54, 1.807) is 6.07 Å². The van der Waals surface area contributed by atoms with E-state index in [0.717, 1.165) is 12.4 Å². The van der Waals surface area contributed by atoms with Gasteiger partial charge in [0.2, 0.25) is 0 Å². The van der Waals surface area contributed by atoms with Gasteiger partial charge in [-0.3, -0.25) is 0 Å². The molecule has 1 heterocycles. The number of rotatable bonds is 2. The predicted molar refractivity (Wildman–Crippen MR) is 60.9 cm³/mol. The Labute approximate surface area is 92.1 Å². The van der Waals surface area contributed by atoms with Gasteiger partial charge in [-0.15, -0.1) is 0 Å². The van der Waals surface area contributed by atoms with Crippen LogP contribution in [0, 0.1) is 5.82 Å². The molecule has 0 aliphatic carbocycles. The Morgan fingerprint density at radius 2 is 2.20 bits per heavy atom. The van der Waals surface area contributed by atoms with E-state index in [2.05, 4.69) is 10.3 Å². The summed E-state index contributed by atoms with van der Waals surface area (Å²) in [7, 11) is 0. The summed E-state index contributed by atoms with van der Waals surface area (Å²) < 4.78 is 13.0. The van der Waals surface area contributed by atoms with Crippen LogP contribution in [-0.4, -0.2) is 11.5 Å². The summed E-state index contributed by atoms with van der Waals surface area (Å²) >= 11 is 5.90. The van der Waals surface area contributed by atoms with Crippen LogP contribution in [0.2, 0.25) is 5.02 Å². The van der Waals surface area contributed by atoms with Crippen LogP contribution in [0.15, 0.2) is 24.3 Å². The molecular formula is C11H10ClFN2. The van der Waals surface area contributed by atoms with Crippen molar-refractivity contribution < 1.29 is 4.39 Å². The number of hydrogen-bond donors (Lipinski definition) is 1. The van der Waals surface area contributed by atoms with Crippen molar-refractivity contribution in [3.63, 3.8) is 0 Å². The van der Waals surface area contributed by atoms with Gasteiger partial charge in [0.15, 0.2) is 0 Å². The molecule has 0 amide bonds. The Kier molecular flexibility index (Phi) is 2.73. The van der Waals surface area contributed by atoms with Crippen LogP contribution in [0.5, 0.6) is 0 Å². The molecule has 0 aliphatic heterocycles. The summed E-state index contributed by atoms with van der Waals surface area (Å²) in [5.41, 5.74) is 0.622. The van der Waals surface area contributed by atoms with Gasteiger partial charge in [-0.25, -0.2) is 9.37 Å². The normalized spacial score (nSPS) is 10.6. The van der Waals surface area contributed by atoms with E-state index in [1.807, 2.05) is 13.0 Å². The maximum atomic E-state index is 13.0. The average molecular weight is 225 g/mol. The molecule has 0 aliphatic rings. The van der Waals surface area contributed by atoms with E-state index in [0.29, 0.717) is 15.9 Å². The largest absolute Gasteiger partial charge is 0.370 e. The fraction of sp³-hybridized carbons (Fsp3) is 0.182. The molecule has 4 heteroatoms. The molecule has 0 spiro atoms. The van der Waals surface area contributed by atoms with Gasteiger partial charge >= 0.3 is 0 Å². The molecule has 1 N–H and O–H groups in total. The summed E-state index contributed by atoms with van der Waals surface area (Å²) in [4.78, 5) is 4.30. The average Bonchev–Trinajstić information content (AvgIpc) is 2.19. The van der Waals surface area contributed by atoms with Crippen LogP contribution in [-0.2, 0) is 0 Å². The molecule has 0 atom stereocenters. The lowest BCUT2D eigenvalue weighted by Crippen LogP contribution is -1.99. The zero-order valence-electron chi connectivity index (χ0n) is 8.22. The molecule has 0 saturated heterocycles. The van der Waals surface area contributed by atoms with Crippen molar-refractivity contribution in [1.82, 2.24) is 4.98 Å². The smallest absolute Gasteiger partial charge is 0.126 e. The predicted octanol–water partition coefficient (Wildman–Crippen LogP) is 3.46. The second-order valence-electron chi connectivity index (χ2n) is 3.19. The third-order valence-electron chi connectivity index (χ3n) is 2.07. The Morgan fingerprint density at radius 3 is 2.93 bits per heavy atom. The number of halogens is 2. The van der Waals surface area contributed by atoms with E-state index >= 15 is 0 Å². The lowest BCUT2D eigenvalue weighted by atomic mass is 10.2. The summed E-state index contributed by atoms with van der Waals surface area (Å²) in [6.45, 7) is 2.77. The molecule has 0 radical (unpaired) electrons. The fourth-order valence-corrected chi connectivity index (χ4v) is 1.69. The SMILES string of the molecule is CCNc1ccc2cc(F)cc(Cl)c2n1. The van der Waals surface area contributed by atoms with Crippen LogP contribution >= 0.6 is 11.6 Å². The van der Waals surface area contributed by atoms with Gasteiger partial charge in [0.1, 0.15) is 11.6 Å². The highest BCUT2D eigenvalue weighted by molar-refractivity contribution is 6.35. The second kappa shape index (κ2) is 4.03. The molecule has 0 saturated carbocycles. The standard InChI is InChI=1S/C11H10ClFN2/c1-2-14-10-4-3-7-5-8(13)6-9(12)11(7)15-10/h3-6H,2H2,1H3,(H,14,15). The topological polar surface area (TPSA) is 24.9 Å². The molecule has 15 heavy (non-hydrogen) atoms. The number of nitrogens with one attached hydrogen (secondary N) is 1. The number of aromatic nitrogens is 1. The molecule has 2 aromatic rings. The van der Waals surface area contributed by atoms with Gasteiger partial charge in [-0.2, -0.15) is 0 Å². The third-order valence-corrected chi connectivity index (χ3v) is 2.36. The molecule has 0 unspecified atom stereocenters. The molecule has 2 rings (SSSR count). The van der Waals surface area contributed by atoms with E-state index in [1.165, 1.54) is 12.1 Å². The number of anilines is 1. The zero-order chi connectivity index (χ0) is 10.8. The van der Waals surface area contributed by atoms with Gasteiger partial charge in [-0.05, 0) is 31.2 Å². The van der Waals surface area contributed by atoms with Crippen molar-refractivity contribution >= 4 is 28.3 Å². The van der Waals surface area contributed by atoms with Gasteiger partial charge in [0.05, 0.1) is 10.5 Å². The number of hydrogen-bond acceptors (Lipinski definition) is 2. The van der Waals surface area contributed by atoms with E-state index in [-0.39, 0.29) is 5.82 Å². The van der Waals surface area contributed by atoms with Gasteiger partial charge < -0.3 is 5.32 Å². The maximum absolute atomic E-state index is 13.0. The second-order valence-corrected chi connectivity index (χ2v) is 3.59. The lowest BCUT2D eigenvalue weighted by molar-refractivity contribution is 0.629. The number of benzene rings is 1. The molecule has 1 aromatic heterocycles. The molecule has 78 valence electrons. The zero-order valence-corrected chi connectivity index (χ0v) is 8.98. The minimum absolute atomic E-state index is 0.338. The number of fused-ring (bicyclic) bond motifs is 1. The van der Waals surface area contributed by atoms with E-state index in [9.17, 15) is 4.39 Å². The summed E-state index contributed by atoms with van der Waals surface area (Å²) in [5.74, 6) is 0.406. The number of pyridine rings is 1. The summed E-state index contributed by atoms with van der Waals surface area (Å²) in [5, 5.41) is 4.13.